The van der Waals surface area contributed by atoms with Gasteiger partial charge in [-0.2, -0.15) is 0 Å². The molecule has 5 atom stereocenters. The van der Waals surface area contributed by atoms with Crippen molar-refractivity contribution in [2.24, 2.45) is 0 Å². The van der Waals surface area contributed by atoms with Gasteiger partial charge in [0, 0.05) is 6.20 Å². The highest BCUT2D eigenvalue weighted by atomic mass is 35.5. The van der Waals surface area contributed by atoms with E-state index in [1.807, 2.05) is 0 Å². The molecule has 1 saturated heterocycles. The van der Waals surface area contributed by atoms with Gasteiger partial charge in [-0.25, -0.2) is 0 Å². The summed E-state index contributed by atoms with van der Waals surface area (Å²) in [6.45, 7) is -0.560. The minimum absolute atomic E-state index is 0.190. The third kappa shape index (κ3) is 2.95. The Hall–Kier alpha value is -0.770. The van der Waals surface area contributed by atoms with E-state index in [0.29, 0.717) is 10.9 Å². The number of aromatic amines is 1. The first-order valence-electron chi connectivity index (χ1n) is 6.97. The van der Waals surface area contributed by atoms with Crippen LogP contribution in [0.4, 0.5) is 0 Å². The predicted molar refractivity (Wildman–Crippen MR) is 87.7 cm³/mol. The normalized spacial score (nSPS) is 30.7. The van der Waals surface area contributed by atoms with Crippen LogP contribution in [0.5, 0.6) is 5.75 Å². The molecule has 1 aliphatic heterocycles. The standard InChI is InChI=1S/C14H14Cl3NO6/c15-4-1-5(16)9(17)10-8(4)6(2-18-10)23-13-12(21)11(20)7(3-19)24-14(13)22/h1-2,7,11-14,18-22H,3H2/t7-,11-,12+,13+,14+/m1/s1. The minimum Gasteiger partial charge on any atom is -0.480 e. The number of hydrogen-bond donors (Lipinski definition) is 5. The molecule has 1 aromatic carbocycles. The van der Waals surface area contributed by atoms with Gasteiger partial charge in [-0.05, 0) is 6.07 Å². The Balaban J connectivity index is 1.94. The summed E-state index contributed by atoms with van der Waals surface area (Å²) >= 11 is 18.2. The quantitative estimate of drug-likeness (QED) is 0.498. The fourth-order valence-electron chi connectivity index (χ4n) is 2.62. The molecule has 5 N–H and O–H groups in total. The number of aromatic nitrogens is 1. The van der Waals surface area contributed by atoms with Crippen molar-refractivity contribution in [3.05, 3.63) is 27.3 Å². The van der Waals surface area contributed by atoms with Gasteiger partial charge in [0.05, 0.1) is 32.6 Å². The molecule has 1 fully saturated rings. The van der Waals surface area contributed by atoms with Gasteiger partial charge in [0.1, 0.15) is 24.1 Å². The van der Waals surface area contributed by atoms with Gasteiger partial charge in [0.25, 0.3) is 0 Å². The van der Waals surface area contributed by atoms with Gasteiger partial charge >= 0.3 is 0 Å². The van der Waals surface area contributed by atoms with Crippen molar-refractivity contribution in [3.8, 4) is 5.75 Å². The first kappa shape index (κ1) is 18.0. The van der Waals surface area contributed by atoms with Gasteiger partial charge < -0.3 is 34.9 Å². The average Bonchev–Trinajstić information content (AvgIpc) is 2.97. The zero-order valence-electron chi connectivity index (χ0n) is 12.0. The number of halogens is 3. The first-order valence-corrected chi connectivity index (χ1v) is 8.10. The summed E-state index contributed by atoms with van der Waals surface area (Å²) in [7, 11) is 0. The van der Waals surface area contributed by atoms with E-state index in [1.165, 1.54) is 12.3 Å². The molecule has 10 heteroatoms. The van der Waals surface area contributed by atoms with Crippen molar-refractivity contribution in [3.63, 3.8) is 0 Å². The van der Waals surface area contributed by atoms with E-state index in [2.05, 4.69) is 4.98 Å². The van der Waals surface area contributed by atoms with Crippen molar-refractivity contribution in [1.82, 2.24) is 4.98 Å². The number of H-pyrrole nitrogens is 1. The molecule has 0 bridgehead atoms. The fraction of sp³-hybridized carbons (Fsp3) is 0.429. The molecular weight excluding hydrogens is 385 g/mol. The van der Waals surface area contributed by atoms with E-state index in [9.17, 15) is 15.3 Å². The number of aliphatic hydroxyl groups is 4. The number of hydrogen-bond acceptors (Lipinski definition) is 6. The van der Waals surface area contributed by atoms with Crippen LogP contribution in [0.1, 0.15) is 0 Å². The van der Waals surface area contributed by atoms with Crippen molar-refractivity contribution in [1.29, 1.82) is 0 Å². The second-order valence-electron chi connectivity index (χ2n) is 5.37. The van der Waals surface area contributed by atoms with Crippen molar-refractivity contribution >= 4 is 45.7 Å². The molecule has 0 saturated carbocycles. The molecule has 0 unspecified atom stereocenters. The minimum atomic E-state index is -1.56. The predicted octanol–water partition coefficient (Wildman–Crippen LogP) is 1.31. The van der Waals surface area contributed by atoms with E-state index in [-0.39, 0.29) is 20.8 Å². The highest BCUT2D eigenvalue weighted by Crippen LogP contribution is 2.41. The number of fused-ring (bicyclic) bond motifs is 1. The molecule has 132 valence electrons. The number of rotatable bonds is 3. The lowest BCUT2D eigenvalue weighted by Crippen LogP contribution is -2.60. The summed E-state index contributed by atoms with van der Waals surface area (Å²) in [6, 6.07) is 1.44. The zero-order valence-corrected chi connectivity index (χ0v) is 14.3. The van der Waals surface area contributed by atoms with Crippen LogP contribution in [0, 0.1) is 0 Å². The van der Waals surface area contributed by atoms with Gasteiger partial charge in [-0.15, -0.1) is 0 Å². The number of ether oxygens (including phenoxy) is 2. The van der Waals surface area contributed by atoms with E-state index in [1.54, 1.807) is 0 Å². The highest BCUT2D eigenvalue weighted by molar-refractivity contribution is 6.47. The molecule has 0 aliphatic carbocycles. The largest absolute Gasteiger partial charge is 0.480 e. The molecule has 2 heterocycles. The second-order valence-corrected chi connectivity index (χ2v) is 6.56. The maximum absolute atomic E-state index is 10.1. The second kappa shape index (κ2) is 6.86. The van der Waals surface area contributed by atoms with E-state index >= 15 is 0 Å². The maximum atomic E-state index is 10.1. The third-order valence-corrected chi connectivity index (χ3v) is 4.96. The topological polar surface area (TPSA) is 115 Å². The van der Waals surface area contributed by atoms with Crippen molar-refractivity contribution in [2.45, 2.75) is 30.7 Å². The van der Waals surface area contributed by atoms with Gasteiger partial charge in [0.15, 0.2) is 12.4 Å². The molecule has 0 spiro atoms. The molecular formula is C14H14Cl3NO6. The number of nitrogens with one attached hydrogen (secondary N) is 1. The molecule has 0 amide bonds. The van der Waals surface area contributed by atoms with Crippen molar-refractivity contribution in [2.75, 3.05) is 6.61 Å². The summed E-state index contributed by atoms with van der Waals surface area (Å²) in [5.41, 5.74) is 0.429. The molecule has 2 aromatic rings. The summed E-state index contributed by atoms with van der Waals surface area (Å²) in [5, 5.41) is 40.2. The van der Waals surface area contributed by atoms with Crippen LogP contribution >= 0.6 is 34.8 Å². The number of aliphatic hydroxyl groups excluding tert-OH is 4. The summed E-state index contributed by atoms with van der Waals surface area (Å²) < 4.78 is 10.6. The smallest absolute Gasteiger partial charge is 0.195 e. The maximum Gasteiger partial charge on any atom is 0.195 e. The van der Waals surface area contributed by atoms with Gasteiger partial charge in [-0.1, -0.05) is 34.8 Å². The van der Waals surface area contributed by atoms with E-state index in [0.717, 1.165) is 0 Å². The number of benzene rings is 1. The van der Waals surface area contributed by atoms with E-state index in [4.69, 9.17) is 49.4 Å². The van der Waals surface area contributed by atoms with Crippen LogP contribution in [0.2, 0.25) is 15.1 Å². The zero-order chi connectivity index (χ0) is 17.6. The Labute approximate surface area is 151 Å². The SMILES string of the molecule is OC[C@H]1O[C@H](O)[C@@H](Oc2c[nH]c3c(Cl)c(Cl)cc(Cl)c23)[C@@H](O)[C@@H]1O. The van der Waals surface area contributed by atoms with Crippen LogP contribution in [-0.2, 0) is 4.74 Å². The van der Waals surface area contributed by atoms with Crippen LogP contribution in [0.3, 0.4) is 0 Å². The first-order chi connectivity index (χ1) is 11.3. The molecule has 1 aliphatic rings. The Morgan fingerprint density at radius 1 is 1.12 bits per heavy atom. The average molecular weight is 399 g/mol. The molecule has 3 rings (SSSR count). The summed E-state index contributed by atoms with van der Waals surface area (Å²) in [6.07, 6.45) is -5.46. The van der Waals surface area contributed by atoms with Gasteiger partial charge in [0.2, 0.25) is 0 Å². The molecule has 24 heavy (non-hydrogen) atoms. The lowest BCUT2D eigenvalue weighted by Gasteiger charge is -2.39. The third-order valence-electron chi connectivity index (χ3n) is 3.87. The lowest BCUT2D eigenvalue weighted by molar-refractivity contribution is -0.280. The van der Waals surface area contributed by atoms with Crippen LogP contribution < -0.4 is 4.74 Å². The van der Waals surface area contributed by atoms with Crippen LogP contribution in [-0.4, -0.2) is 62.7 Å². The van der Waals surface area contributed by atoms with Gasteiger partial charge in [-0.3, -0.25) is 0 Å². The monoisotopic (exact) mass is 397 g/mol. The highest BCUT2D eigenvalue weighted by Gasteiger charge is 2.45. The van der Waals surface area contributed by atoms with Crippen LogP contribution in [0.25, 0.3) is 10.9 Å². The lowest BCUT2D eigenvalue weighted by atomic mass is 9.99. The Morgan fingerprint density at radius 3 is 2.50 bits per heavy atom. The Morgan fingerprint density at radius 2 is 1.83 bits per heavy atom. The van der Waals surface area contributed by atoms with Crippen molar-refractivity contribution < 1.29 is 29.9 Å². The Kier molecular flexibility index (Phi) is 5.15. The molecule has 1 aromatic heterocycles. The fourth-order valence-corrected chi connectivity index (χ4v) is 3.38. The molecule has 7 nitrogen and oxygen atoms in total. The summed E-state index contributed by atoms with van der Waals surface area (Å²) in [5.74, 6) is 0.190. The van der Waals surface area contributed by atoms with Crippen LogP contribution in [0.15, 0.2) is 12.3 Å². The summed E-state index contributed by atoms with van der Waals surface area (Å²) in [4.78, 5) is 2.86. The van der Waals surface area contributed by atoms with E-state index < -0.39 is 37.3 Å². The Bertz CT molecular complexity index is 754. The molecule has 0 radical (unpaired) electrons.